The predicted octanol–water partition coefficient (Wildman–Crippen LogP) is 1.55. The molecule has 0 aliphatic carbocycles. The predicted molar refractivity (Wildman–Crippen MR) is 79.0 cm³/mol. The molecule has 0 amide bonds. The molecular weight excluding hydrogens is 271 g/mol. The molecule has 1 aromatic carbocycles. The summed E-state index contributed by atoms with van der Waals surface area (Å²) in [5, 5.41) is 0. The molecule has 0 bridgehead atoms. The highest BCUT2D eigenvalue weighted by atomic mass is 19.1. The number of ketones is 1. The number of ether oxygens (including phenoxy) is 1. The van der Waals surface area contributed by atoms with Crippen molar-refractivity contribution in [1.82, 2.24) is 4.90 Å². The van der Waals surface area contributed by atoms with Gasteiger partial charge >= 0.3 is 0 Å². The Bertz CT molecular complexity index is 495. The van der Waals surface area contributed by atoms with Crippen LogP contribution >= 0.6 is 0 Å². The van der Waals surface area contributed by atoms with E-state index in [0.29, 0.717) is 25.4 Å². The average Bonchev–Trinajstić information content (AvgIpc) is 3.03. The second-order valence-corrected chi connectivity index (χ2v) is 5.74. The van der Waals surface area contributed by atoms with Crippen molar-refractivity contribution in [3.8, 4) is 0 Å². The Hall–Kier alpha value is -1.46. The molecule has 1 atom stereocenters. The molecule has 1 aromatic rings. The number of piperazine rings is 1. The molecule has 0 saturated carbocycles. The summed E-state index contributed by atoms with van der Waals surface area (Å²) in [7, 11) is 0. The zero-order valence-corrected chi connectivity index (χ0v) is 12.1. The highest BCUT2D eigenvalue weighted by Crippen LogP contribution is 2.20. The Morgan fingerprint density at radius 1 is 1.24 bits per heavy atom. The molecule has 2 aliphatic heterocycles. The van der Waals surface area contributed by atoms with Gasteiger partial charge in [0.2, 0.25) is 0 Å². The minimum Gasteiger partial charge on any atom is -0.381 e. The SMILES string of the molecule is O=C(CN1CCN(c2ccccc2F)CC1)C1CCOC1. The van der Waals surface area contributed by atoms with E-state index in [4.69, 9.17) is 4.74 Å². The Balaban J connectivity index is 1.51. The summed E-state index contributed by atoms with van der Waals surface area (Å²) in [6.07, 6.45) is 0.855. The maximum absolute atomic E-state index is 13.8. The Morgan fingerprint density at radius 3 is 2.67 bits per heavy atom. The van der Waals surface area contributed by atoms with E-state index in [2.05, 4.69) is 9.80 Å². The van der Waals surface area contributed by atoms with Gasteiger partial charge in [0.15, 0.2) is 5.78 Å². The number of carbonyl (C=O) groups is 1. The number of carbonyl (C=O) groups excluding carboxylic acids is 1. The number of benzene rings is 1. The first kappa shape index (κ1) is 14.5. The summed E-state index contributed by atoms with van der Waals surface area (Å²) in [6, 6.07) is 6.86. The van der Waals surface area contributed by atoms with Crippen LogP contribution in [-0.2, 0) is 9.53 Å². The van der Waals surface area contributed by atoms with E-state index < -0.39 is 0 Å². The standard InChI is InChI=1S/C16H21FN2O2/c17-14-3-1-2-4-15(14)19-8-6-18(7-9-19)11-16(20)13-5-10-21-12-13/h1-4,13H,5-12H2. The van der Waals surface area contributed by atoms with Gasteiger partial charge in [0, 0.05) is 38.7 Å². The second-order valence-electron chi connectivity index (χ2n) is 5.74. The zero-order valence-electron chi connectivity index (χ0n) is 12.1. The fourth-order valence-corrected chi connectivity index (χ4v) is 2.99. The van der Waals surface area contributed by atoms with Crippen LogP contribution in [0.4, 0.5) is 10.1 Å². The number of rotatable bonds is 4. The summed E-state index contributed by atoms with van der Waals surface area (Å²) in [5.41, 5.74) is 0.660. The quantitative estimate of drug-likeness (QED) is 0.843. The van der Waals surface area contributed by atoms with Crippen molar-refractivity contribution in [3.05, 3.63) is 30.1 Å². The van der Waals surface area contributed by atoms with Crippen molar-refractivity contribution in [2.45, 2.75) is 6.42 Å². The normalized spacial score (nSPS) is 23.5. The number of para-hydroxylation sites is 1. The third kappa shape index (κ3) is 3.41. The molecule has 114 valence electrons. The molecule has 0 spiro atoms. The van der Waals surface area contributed by atoms with Crippen molar-refractivity contribution < 1.29 is 13.9 Å². The third-order valence-corrected chi connectivity index (χ3v) is 4.33. The molecule has 4 nitrogen and oxygen atoms in total. The van der Waals surface area contributed by atoms with Gasteiger partial charge in [0.1, 0.15) is 5.82 Å². The van der Waals surface area contributed by atoms with Gasteiger partial charge in [-0.25, -0.2) is 4.39 Å². The van der Waals surface area contributed by atoms with E-state index in [0.717, 1.165) is 32.6 Å². The van der Waals surface area contributed by atoms with Gasteiger partial charge in [-0.2, -0.15) is 0 Å². The summed E-state index contributed by atoms with van der Waals surface area (Å²) < 4.78 is 19.0. The van der Waals surface area contributed by atoms with Crippen LogP contribution in [0.5, 0.6) is 0 Å². The number of hydrogen-bond acceptors (Lipinski definition) is 4. The topological polar surface area (TPSA) is 32.8 Å². The molecule has 2 aliphatic rings. The molecule has 0 aromatic heterocycles. The van der Waals surface area contributed by atoms with Gasteiger partial charge in [-0.3, -0.25) is 9.69 Å². The monoisotopic (exact) mass is 292 g/mol. The molecule has 5 heteroatoms. The van der Waals surface area contributed by atoms with E-state index in [-0.39, 0.29) is 17.5 Å². The van der Waals surface area contributed by atoms with E-state index >= 15 is 0 Å². The summed E-state index contributed by atoms with van der Waals surface area (Å²) in [5.74, 6) is 0.187. The van der Waals surface area contributed by atoms with Crippen molar-refractivity contribution in [1.29, 1.82) is 0 Å². The van der Waals surface area contributed by atoms with Crippen LogP contribution in [0.1, 0.15) is 6.42 Å². The lowest BCUT2D eigenvalue weighted by molar-refractivity contribution is -0.124. The minimum atomic E-state index is -0.176. The first-order valence-electron chi connectivity index (χ1n) is 7.56. The summed E-state index contributed by atoms with van der Waals surface area (Å²) in [6.45, 7) is 4.90. The van der Waals surface area contributed by atoms with Crippen molar-refractivity contribution in [2.75, 3.05) is 50.8 Å². The zero-order chi connectivity index (χ0) is 14.7. The van der Waals surface area contributed by atoms with Gasteiger partial charge in [-0.05, 0) is 18.6 Å². The summed E-state index contributed by atoms with van der Waals surface area (Å²) in [4.78, 5) is 16.3. The Kier molecular flexibility index (Phi) is 4.51. The van der Waals surface area contributed by atoms with Gasteiger partial charge < -0.3 is 9.64 Å². The number of Topliss-reactive ketones (excluding diaryl/α,β-unsaturated/α-hetero) is 1. The molecule has 2 fully saturated rings. The maximum Gasteiger partial charge on any atom is 0.152 e. The Morgan fingerprint density at radius 2 is 2.00 bits per heavy atom. The highest BCUT2D eigenvalue weighted by molar-refractivity contribution is 5.83. The molecule has 2 saturated heterocycles. The molecule has 2 heterocycles. The molecule has 1 unspecified atom stereocenters. The maximum atomic E-state index is 13.8. The number of nitrogens with zero attached hydrogens (tertiary/aromatic N) is 2. The first-order valence-corrected chi connectivity index (χ1v) is 7.56. The molecular formula is C16H21FN2O2. The van der Waals surface area contributed by atoms with Crippen LogP contribution in [-0.4, -0.2) is 56.6 Å². The number of anilines is 1. The number of hydrogen-bond donors (Lipinski definition) is 0. The van der Waals surface area contributed by atoms with Crippen LogP contribution in [0.25, 0.3) is 0 Å². The van der Waals surface area contributed by atoms with Gasteiger partial charge in [-0.15, -0.1) is 0 Å². The average molecular weight is 292 g/mol. The van der Waals surface area contributed by atoms with Crippen LogP contribution in [0, 0.1) is 11.7 Å². The van der Waals surface area contributed by atoms with Crippen molar-refractivity contribution >= 4 is 11.5 Å². The van der Waals surface area contributed by atoms with Crippen LogP contribution < -0.4 is 4.90 Å². The second kappa shape index (κ2) is 6.54. The van der Waals surface area contributed by atoms with Gasteiger partial charge in [0.05, 0.1) is 18.8 Å². The van der Waals surface area contributed by atoms with E-state index in [1.165, 1.54) is 6.07 Å². The lowest BCUT2D eigenvalue weighted by Gasteiger charge is -2.36. The Labute approximate surface area is 124 Å². The lowest BCUT2D eigenvalue weighted by Crippen LogP contribution is -2.48. The fourth-order valence-electron chi connectivity index (χ4n) is 2.99. The van der Waals surface area contributed by atoms with E-state index in [1.54, 1.807) is 6.07 Å². The van der Waals surface area contributed by atoms with E-state index in [9.17, 15) is 9.18 Å². The minimum absolute atomic E-state index is 0.0783. The van der Waals surface area contributed by atoms with Gasteiger partial charge in [-0.1, -0.05) is 12.1 Å². The fraction of sp³-hybridized carbons (Fsp3) is 0.562. The largest absolute Gasteiger partial charge is 0.381 e. The van der Waals surface area contributed by atoms with Crippen molar-refractivity contribution in [2.24, 2.45) is 5.92 Å². The number of halogens is 1. The summed E-state index contributed by atoms with van der Waals surface area (Å²) >= 11 is 0. The first-order chi connectivity index (χ1) is 10.2. The van der Waals surface area contributed by atoms with Gasteiger partial charge in [0.25, 0.3) is 0 Å². The van der Waals surface area contributed by atoms with Crippen LogP contribution in [0.3, 0.4) is 0 Å². The van der Waals surface area contributed by atoms with E-state index in [1.807, 2.05) is 12.1 Å². The lowest BCUT2D eigenvalue weighted by atomic mass is 10.0. The molecule has 0 N–H and O–H groups in total. The smallest absolute Gasteiger partial charge is 0.152 e. The molecule has 21 heavy (non-hydrogen) atoms. The molecule has 3 rings (SSSR count). The van der Waals surface area contributed by atoms with Crippen molar-refractivity contribution in [3.63, 3.8) is 0 Å². The van der Waals surface area contributed by atoms with Crippen LogP contribution in [0.15, 0.2) is 24.3 Å². The molecule has 0 radical (unpaired) electrons. The highest BCUT2D eigenvalue weighted by Gasteiger charge is 2.27. The third-order valence-electron chi connectivity index (χ3n) is 4.33. The van der Waals surface area contributed by atoms with Crippen LogP contribution in [0.2, 0.25) is 0 Å².